The lowest BCUT2D eigenvalue weighted by Crippen LogP contribution is -2.34. The lowest BCUT2D eigenvalue weighted by Gasteiger charge is -2.29. The normalized spacial score (nSPS) is 17.4. The van der Waals surface area contributed by atoms with E-state index < -0.39 is 0 Å². The minimum atomic E-state index is 0.668. The van der Waals surface area contributed by atoms with Crippen LogP contribution < -0.4 is 5.32 Å². The molecule has 0 aromatic heterocycles. The van der Waals surface area contributed by atoms with Gasteiger partial charge in [-0.15, -0.1) is 0 Å². The summed E-state index contributed by atoms with van der Waals surface area (Å²) in [5, 5.41) is 3.42. The van der Waals surface area contributed by atoms with Gasteiger partial charge in [-0.3, -0.25) is 0 Å². The summed E-state index contributed by atoms with van der Waals surface area (Å²) in [7, 11) is 2.09. The van der Waals surface area contributed by atoms with Crippen molar-refractivity contribution in [1.82, 2.24) is 5.32 Å². The van der Waals surface area contributed by atoms with Crippen LogP contribution in [-0.2, 0) is 0 Å². The Kier molecular flexibility index (Phi) is 9.18. The van der Waals surface area contributed by atoms with E-state index >= 15 is 0 Å². The SMILES string of the molecule is CCCCCC(C)C(CCC)C(C)NC. The average molecular weight is 213 g/mol. The fourth-order valence-electron chi connectivity index (χ4n) is 2.51. The maximum Gasteiger partial charge on any atom is 0.00665 e. The molecule has 92 valence electrons. The highest BCUT2D eigenvalue weighted by atomic mass is 14.9. The first kappa shape index (κ1) is 15.0. The monoisotopic (exact) mass is 213 g/mol. The van der Waals surface area contributed by atoms with E-state index in [1.807, 2.05) is 0 Å². The molecule has 0 bridgehead atoms. The minimum Gasteiger partial charge on any atom is -0.317 e. The summed E-state index contributed by atoms with van der Waals surface area (Å²) in [5.74, 6) is 1.73. The van der Waals surface area contributed by atoms with Crippen LogP contribution in [0.4, 0.5) is 0 Å². The van der Waals surface area contributed by atoms with Gasteiger partial charge in [-0.1, -0.05) is 52.9 Å². The van der Waals surface area contributed by atoms with Gasteiger partial charge < -0.3 is 5.32 Å². The Bertz CT molecular complexity index is 133. The van der Waals surface area contributed by atoms with Crippen LogP contribution in [0.2, 0.25) is 0 Å². The number of rotatable bonds is 9. The number of nitrogens with one attached hydrogen (secondary N) is 1. The van der Waals surface area contributed by atoms with Gasteiger partial charge in [0.05, 0.1) is 0 Å². The van der Waals surface area contributed by atoms with E-state index in [0.29, 0.717) is 6.04 Å². The first-order valence-corrected chi connectivity index (χ1v) is 6.84. The molecule has 3 atom stereocenters. The van der Waals surface area contributed by atoms with Crippen molar-refractivity contribution < 1.29 is 0 Å². The maximum atomic E-state index is 3.42. The fraction of sp³-hybridized carbons (Fsp3) is 1.00. The smallest absolute Gasteiger partial charge is 0.00665 e. The third-order valence-electron chi connectivity index (χ3n) is 3.71. The second-order valence-electron chi connectivity index (χ2n) is 5.00. The third kappa shape index (κ3) is 6.19. The predicted octanol–water partition coefficient (Wildman–Crippen LogP) is 4.23. The van der Waals surface area contributed by atoms with Gasteiger partial charge in [0.15, 0.2) is 0 Å². The topological polar surface area (TPSA) is 12.0 Å². The van der Waals surface area contributed by atoms with Crippen molar-refractivity contribution in [2.45, 2.75) is 72.3 Å². The summed E-state index contributed by atoms with van der Waals surface area (Å²) in [6.45, 7) is 9.35. The van der Waals surface area contributed by atoms with Crippen molar-refractivity contribution in [3.8, 4) is 0 Å². The van der Waals surface area contributed by atoms with Crippen molar-refractivity contribution in [2.75, 3.05) is 7.05 Å². The molecule has 0 aliphatic carbocycles. The molecule has 0 aromatic rings. The summed E-state index contributed by atoms with van der Waals surface area (Å²) in [6, 6.07) is 0.668. The van der Waals surface area contributed by atoms with Crippen molar-refractivity contribution in [3.63, 3.8) is 0 Å². The zero-order valence-corrected chi connectivity index (χ0v) is 11.5. The zero-order chi connectivity index (χ0) is 11.7. The molecule has 0 aliphatic heterocycles. The summed E-state index contributed by atoms with van der Waals surface area (Å²) in [5.41, 5.74) is 0. The summed E-state index contributed by atoms with van der Waals surface area (Å²) >= 11 is 0. The Morgan fingerprint density at radius 1 is 0.933 bits per heavy atom. The lowest BCUT2D eigenvalue weighted by atomic mass is 9.81. The first-order valence-electron chi connectivity index (χ1n) is 6.84. The summed E-state index contributed by atoms with van der Waals surface area (Å²) < 4.78 is 0. The van der Waals surface area contributed by atoms with Gasteiger partial charge in [-0.2, -0.15) is 0 Å². The molecule has 15 heavy (non-hydrogen) atoms. The molecule has 1 N–H and O–H groups in total. The highest BCUT2D eigenvalue weighted by molar-refractivity contribution is 4.75. The lowest BCUT2D eigenvalue weighted by molar-refractivity contribution is 0.248. The summed E-state index contributed by atoms with van der Waals surface area (Å²) in [4.78, 5) is 0. The number of hydrogen-bond donors (Lipinski definition) is 1. The van der Waals surface area contributed by atoms with Gasteiger partial charge in [0, 0.05) is 6.04 Å². The molecule has 0 aliphatic rings. The molecule has 0 saturated carbocycles. The van der Waals surface area contributed by atoms with Gasteiger partial charge in [0.1, 0.15) is 0 Å². The molecule has 0 aromatic carbocycles. The van der Waals surface area contributed by atoms with E-state index in [1.165, 1.54) is 38.5 Å². The van der Waals surface area contributed by atoms with Crippen molar-refractivity contribution in [1.29, 1.82) is 0 Å². The molecule has 3 unspecified atom stereocenters. The Morgan fingerprint density at radius 3 is 2.07 bits per heavy atom. The van der Waals surface area contributed by atoms with Crippen LogP contribution in [0.25, 0.3) is 0 Å². The highest BCUT2D eigenvalue weighted by Gasteiger charge is 2.21. The van der Waals surface area contributed by atoms with Crippen LogP contribution in [-0.4, -0.2) is 13.1 Å². The van der Waals surface area contributed by atoms with Crippen LogP contribution in [0.1, 0.15) is 66.2 Å². The van der Waals surface area contributed by atoms with Crippen LogP contribution in [0.15, 0.2) is 0 Å². The summed E-state index contributed by atoms with van der Waals surface area (Å²) in [6.07, 6.45) is 8.24. The molecule has 0 rings (SSSR count). The molecular weight excluding hydrogens is 182 g/mol. The van der Waals surface area contributed by atoms with Gasteiger partial charge in [0.25, 0.3) is 0 Å². The minimum absolute atomic E-state index is 0.668. The molecule has 1 heteroatoms. The second-order valence-corrected chi connectivity index (χ2v) is 5.00. The van der Waals surface area contributed by atoms with Crippen LogP contribution in [0, 0.1) is 11.8 Å². The maximum absolute atomic E-state index is 3.42. The van der Waals surface area contributed by atoms with Gasteiger partial charge in [-0.25, -0.2) is 0 Å². The number of hydrogen-bond acceptors (Lipinski definition) is 1. The predicted molar refractivity (Wildman–Crippen MR) is 70.2 cm³/mol. The quantitative estimate of drug-likeness (QED) is 0.565. The van der Waals surface area contributed by atoms with E-state index in [2.05, 4.69) is 40.1 Å². The largest absolute Gasteiger partial charge is 0.317 e. The second kappa shape index (κ2) is 9.21. The Hall–Kier alpha value is -0.0400. The molecule has 0 saturated heterocycles. The van der Waals surface area contributed by atoms with Crippen molar-refractivity contribution >= 4 is 0 Å². The molecule has 1 nitrogen and oxygen atoms in total. The highest BCUT2D eigenvalue weighted by Crippen LogP contribution is 2.25. The van der Waals surface area contributed by atoms with E-state index in [1.54, 1.807) is 0 Å². The van der Waals surface area contributed by atoms with E-state index in [4.69, 9.17) is 0 Å². The molecular formula is C14H31N. The fourth-order valence-corrected chi connectivity index (χ4v) is 2.51. The molecule has 0 radical (unpaired) electrons. The van der Waals surface area contributed by atoms with E-state index in [-0.39, 0.29) is 0 Å². The molecule has 0 amide bonds. The Labute approximate surface area is 97.0 Å². The van der Waals surface area contributed by atoms with E-state index in [9.17, 15) is 0 Å². The first-order chi connectivity index (χ1) is 7.17. The van der Waals surface area contributed by atoms with Crippen molar-refractivity contribution in [3.05, 3.63) is 0 Å². The molecule has 0 spiro atoms. The van der Waals surface area contributed by atoms with Gasteiger partial charge in [-0.05, 0) is 32.2 Å². The Balaban J connectivity index is 3.97. The third-order valence-corrected chi connectivity index (χ3v) is 3.71. The van der Waals surface area contributed by atoms with Crippen LogP contribution >= 0.6 is 0 Å². The zero-order valence-electron chi connectivity index (χ0n) is 11.5. The Morgan fingerprint density at radius 2 is 1.60 bits per heavy atom. The van der Waals surface area contributed by atoms with Crippen LogP contribution in [0.3, 0.4) is 0 Å². The van der Waals surface area contributed by atoms with Gasteiger partial charge >= 0.3 is 0 Å². The number of unbranched alkanes of at least 4 members (excludes halogenated alkanes) is 2. The van der Waals surface area contributed by atoms with Crippen molar-refractivity contribution in [2.24, 2.45) is 11.8 Å². The molecule has 0 fully saturated rings. The van der Waals surface area contributed by atoms with Crippen LogP contribution in [0.5, 0.6) is 0 Å². The standard InChI is InChI=1S/C14H31N/c1-6-8-9-11-12(3)14(10-7-2)13(4)15-5/h12-15H,6-11H2,1-5H3. The molecule has 0 heterocycles. The van der Waals surface area contributed by atoms with E-state index in [0.717, 1.165) is 11.8 Å². The van der Waals surface area contributed by atoms with Gasteiger partial charge in [0.2, 0.25) is 0 Å². The average Bonchev–Trinajstić information content (AvgIpc) is 2.25.